The standard InChI is InChI=1S/C26H22N2O3S/c29-26(22-14-8-3-9-15-22)27-25-18-23(21-12-6-2-7-13-21)16-17-24(25)28-32(30,31)19-20-10-4-1-5-11-20/h1-18,28H,19H2,(H,27,29). The Bertz CT molecular complexity index is 1310. The Morgan fingerprint density at radius 1 is 0.656 bits per heavy atom. The van der Waals surface area contributed by atoms with Crippen LogP contribution in [0.4, 0.5) is 11.4 Å². The van der Waals surface area contributed by atoms with Gasteiger partial charge in [0, 0.05) is 5.56 Å². The molecule has 160 valence electrons. The molecule has 0 saturated carbocycles. The van der Waals surface area contributed by atoms with Crippen LogP contribution in [0.3, 0.4) is 0 Å². The fraction of sp³-hybridized carbons (Fsp3) is 0.0385. The Morgan fingerprint density at radius 2 is 1.25 bits per heavy atom. The minimum atomic E-state index is -3.69. The summed E-state index contributed by atoms with van der Waals surface area (Å²) in [6.45, 7) is 0. The van der Waals surface area contributed by atoms with Gasteiger partial charge in [-0.2, -0.15) is 0 Å². The third-order valence-electron chi connectivity index (χ3n) is 4.88. The summed E-state index contributed by atoms with van der Waals surface area (Å²) in [6, 6.07) is 32.7. The summed E-state index contributed by atoms with van der Waals surface area (Å²) in [5, 5.41) is 2.86. The van der Waals surface area contributed by atoms with Crippen molar-refractivity contribution < 1.29 is 13.2 Å². The Morgan fingerprint density at radius 3 is 1.91 bits per heavy atom. The van der Waals surface area contributed by atoms with Gasteiger partial charge in [-0.25, -0.2) is 8.42 Å². The maximum atomic E-state index is 12.8. The summed E-state index contributed by atoms with van der Waals surface area (Å²) >= 11 is 0. The van der Waals surface area contributed by atoms with Crippen LogP contribution in [-0.4, -0.2) is 14.3 Å². The van der Waals surface area contributed by atoms with Gasteiger partial charge in [-0.15, -0.1) is 0 Å². The third-order valence-corrected chi connectivity index (χ3v) is 6.12. The van der Waals surface area contributed by atoms with Crippen LogP contribution in [0.1, 0.15) is 15.9 Å². The van der Waals surface area contributed by atoms with Crippen LogP contribution in [-0.2, 0) is 15.8 Å². The second kappa shape index (κ2) is 9.49. The molecule has 32 heavy (non-hydrogen) atoms. The number of carbonyl (C=O) groups excluding carboxylic acids is 1. The number of hydrogen-bond acceptors (Lipinski definition) is 3. The van der Waals surface area contributed by atoms with Crippen LogP contribution in [0.25, 0.3) is 11.1 Å². The van der Waals surface area contributed by atoms with E-state index in [1.54, 1.807) is 60.7 Å². The third kappa shape index (κ3) is 5.42. The molecule has 0 bridgehead atoms. The largest absolute Gasteiger partial charge is 0.320 e. The molecular weight excluding hydrogens is 420 g/mol. The quantitative estimate of drug-likeness (QED) is 0.394. The first-order valence-electron chi connectivity index (χ1n) is 10.1. The number of sulfonamides is 1. The lowest BCUT2D eigenvalue weighted by Crippen LogP contribution is -2.18. The van der Waals surface area contributed by atoms with E-state index in [9.17, 15) is 13.2 Å². The Hall–Kier alpha value is -3.90. The predicted molar refractivity (Wildman–Crippen MR) is 129 cm³/mol. The molecule has 0 spiro atoms. The highest BCUT2D eigenvalue weighted by Crippen LogP contribution is 2.30. The van der Waals surface area contributed by atoms with E-state index in [2.05, 4.69) is 10.0 Å². The lowest BCUT2D eigenvalue weighted by Gasteiger charge is -2.15. The van der Waals surface area contributed by atoms with Crippen molar-refractivity contribution in [1.82, 2.24) is 0 Å². The van der Waals surface area contributed by atoms with Crippen molar-refractivity contribution in [3.8, 4) is 11.1 Å². The summed E-state index contributed by atoms with van der Waals surface area (Å²) in [5.74, 6) is -0.486. The van der Waals surface area contributed by atoms with Crippen LogP contribution in [0, 0.1) is 0 Å². The lowest BCUT2D eigenvalue weighted by atomic mass is 10.0. The van der Waals surface area contributed by atoms with Crippen molar-refractivity contribution in [3.63, 3.8) is 0 Å². The highest BCUT2D eigenvalue weighted by Gasteiger charge is 2.17. The highest BCUT2D eigenvalue weighted by atomic mass is 32.2. The zero-order valence-corrected chi connectivity index (χ0v) is 18.0. The SMILES string of the molecule is O=C(Nc1cc(-c2ccccc2)ccc1NS(=O)(=O)Cc1ccccc1)c1ccccc1. The molecule has 4 aromatic carbocycles. The van der Waals surface area contributed by atoms with Gasteiger partial charge in [0.15, 0.2) is 0 Å². The number of nitrogens with one attached hydrogen (secondary N) is 2. The summed E-state index contributed by atoms with van der Waals surface area (Å²) in [6.07, 6.45) is 0. The number of amides is 1. The first kappa shape index (κ1) is 21.3. The Balaban J connectivity index is 1.66. The minimum absolute atomic E-state index is 0.166. The van der Waals surface area contributed by atoms with E-state index in [1.165, 1.54) is 0 Å². The second-order valence-corrected chi connectivity index (χ2v) is 9.02. The zero-order chi connectivity index (χ0) is 22.4. The fourth-order valence-corrected chi connectivity index (χ4v) is 4.54. The monoisotopic (exact) mass is 442 g/mol. The van der Waals surface area contributed by atoms with E-state index in [4.69, 9.17) is 0 Å². The van der Waals surface area contributed by atoms with E-state index < -0.39 is 10.0 Å². The van der Waals surface area contributed by atoms with Gasteiger partial charge >= 0.3 is 0 Å². The summed E-state index contributed by atoms with van der Waals surface area (Å²) in [4.78, 5) is 12.8. The number of hydrogen-bond donors (Lipinski definition) is 2. The number of carbonyl (C=O) groups is 1. The Labute approximate surface area is 187 Å². The van der Waals surface area contributed by atoms with Crippen molar-refractivity contribution in [1.29, 1.82) is 0 Å². The van der Waals surface area contributed by atoms with Crippen LogP contribution in [0.2, 0.25) is 0 Å². The van der Waals surface area contributed by atoms with Gasteiger partial charge < -0.3 is 5.32 Å². The first-order chi connectivity index (χ1) is 15.5. The molecule has 0 fully saturated rings. The van der Waals surface area contributed by atoms with Crippen LogP contribution < -0.4 is 10.0 Å². The van der Waals surface area contributed by atoms with E-state index in [1.807, 2.05) is 48.5 Å². The molecule has 4 rings (SSSR count). The molecule has 0 aliphatic heterocycles. The average Bonchev–Trinajstić information content (AvgIpc) is 2.81. The molecule has 0 heterocycles. The normalized spacial score (nSPS) is 11.0. The van der Waals surface area contributed by atoms with Crippen molar-refractivity contribution in [2.24, 2.45) is 0 Å². The molecule has 0 radical (unpaired) electrons. The Kier molecular flexibility index (Phi) is 6.33. The van der Waals surface area contributed by atoms with Gasteiger partial charge in [-0.3, -0.25) is 9.52 Å². The van der Waals surface area contributed by atoms with Crippen molar-refractivity contribution in [2.75, 3.05) is 10.0 Å². The van der Waals surface area contributed by atoms with Crippen LogP contribution >= 0.6 is 0 Å². The maximum absolute atomic E-state index is 12.8. The van der Waals surface area contributed by atoms with E-state index >= 15 is 0 Å². The van der Waals surface area contributed by atoms with Crippen molar-refractivity contribution >= 4 is 27.3 Å². The molecular formula is C26H22N2O3S. The average molecular weight is 443 g/mol. The van der Waals surface area contributed by atoms with E-state index in [0.29, 0.717) is 22.5 Å². The molecule has 5 nitrogen and oxygen atoms in total. The van der Waals surface area contributed by atoms with Crippen molar-refractivity contribution in [3.05, 3.63) is 120 Å². The number of rotatable bonds is 7. The molecule has 2 N–H and O–H groups in total. The fourth-order valence-electron chi connectivity index (χ4n) is 3.33. The molecule has 0 aliphatic carbocycles. The first-order valence-corrected chi connectivity index (χ1v) is 11.8. The molecule has 1 amide bonds. The van der Waals surface area contributed by atoms with Gasteiger partial charge in [0.2, 0.25) is 10.0 Å². The molecule has 0 unspecified atom stereocenters. The second-order valence-electron chi connectivity index (χ2n) is 7.29. The molecule has 4 aromatic rings. The number of benzene rings is 4. The smallest absolute Gasteiger partial charge is 0.255 e. The van der Waals surface area contributed by atoms with Gasteiger partial charge in [0.05, 0.1) is 17.1 Å². The summed E-state index contributed by atoms with van der Waals surface area (Å²) in [5.41, 5.74) is 3.68. The molecule has 0 aliphatic rings. The topological polar surface area (TPSA) is 75.3 Å². The van der Waals surface area contributed by atoms with E-state index in [-0.39, 0.29) is 11.7 Å². The molecule has 0 saturated heterocycles. The van der Waals surface area contributed by atoms with E-state index in [0.717, 1.165) is 11.1 Å². The predicted octanol–water partition coefficient (Wildman–Crippen LogP) is 5.55. The van der Waals surface area contributed by atoms with Gasteiger partial charge in [-0.1, -0.05) is 84.9 Å². The minimum Gasteiger partial charge on any atom is -0.320 e. The number of anilines is 2. The molecule has 0 atom stereocenters. The molecule has 6 heteroatoms. The van der Waals surface area contributed by atoms with Gasteiger partial charge in [0.1, 0.15) is 0 Å². The zero-order valence-electron chi connectivity index (χ0n) is 17.2. The van der Waals surface area contributed by atoms with Crippen molar-refractivity contribution in [2.45, 2.75) is 5.75 Å². The summed E-state index contributed by atoms with van der Waals surface area (Å²) in [7, 11) is -3.69. The van der Waals surface area contributed by atoms with Crippen LogP contribution in [0.15, 0.2) is 109 Å². The van der Waals surface area contributed by atoms with Crippen LogP contribution in [0.5, 0.6) is 0 Å². The molecule has 0 aromatic heterocycles. The highest BCUT2D eigenvalue weighted by molar-refractivity contribution is 7.91. The maximum Gasteiger partial charge on any atom is 0.255 e. The summed E-state index contributed by atoms with van der Waals surface area (Å²) < 4.78 is 28.2. The van der Waals surface area contributed by atoms with Gasteiger partial charge in [0.25, 0.3) is 5.91 Å². The van der Waals surface area contributed by atoms with Gasteiger partial charge in [-0.05, 0) is 41.0 Å². The lowest BCUT2D eigenvalue weighted by molar-refractivity contribution is 0.102.